The molecular weight excluding hydrogens is 416 g/mol. The number of fused-ring (bicyclic) bond motifs is 1. The zero-order valence-corrected chi connectivity index (χ0v) is 13.1. The van der Waals surface area contributed by atoms with Crippen molar-refractivity contribution in [3.8, 4) is 11.4 Å². The molecule has 1 heterocycles. The van der Waals surface area contributed by atoms with Crippen LogP contribution in [0.4, 0.5) is 0 Å². The molecule has 1 radical (unpaired) electrons. The molecule has 0 spiro atoms. The third kappa shape index (κ3) is 2.42. The Balaban J connectivity index is 0.00000133. The Morgan fingerprint density at radius 2 is 1.89 bits per heavy atom. The van der Waals surface area contributed by atoms with E-state index in [2.05, 4.69) is 33.7 Å². The summed E-state index contributed by atoms with van der Waals surface area (Å²) in [5.41, 5.74) is 3.32. The monoisotopic (exact) mass is 431 g/mol. The molecule has 0 bridgehead atoms. The summed E-state index contributed by atoms with van der Waals surface area (Å²) in [7, 11) is 3.71. The Hall–Kier alpha value is -1.64. The topological polar surface area (TPSA) is 19.1 Å². The van der Waals surface area contributed by atoms with Gasteiger partial charge in [-0.2, -0.15) is 6.07 Å². The molecule has 0 atom stereocenters. The fourth-order valence-electron chi connectivity index (χ4n) is 2.16. The van der Waals surface area contributed by atoms with E-state index >= 15 is 0 Å². The number of methoxy groups -OCH3 is 1. The molecule has 0 amide bonds. The predicted octanol–water partition coefficient (Wildman–Crippen LogP) is 3.06. The number of nitrogens with zero attached hydrogens (tertiary/aromatic N) is 2. The Morgan fingerprint density at radius 1 is 1.16 bits per heavy atom. The summed E-state index contributed by atoms with van der Waals surface area (Å²) >= 11 is 0. The van der Waals surface area contributed by atoms with Crippen LogP contribution < -0.4 is 4.74 Å². The number of aromatic nitrogens is 2. The van der Waals surface area contributed by atoms with Gasteiger partial charge in [0.2, 0.25) is 0 Å². The van der Waals surface area contributed by atoms with E-state index < -0.39 is 0 Å². The average molecular weight is 431 g/mol. The van der Waals surface area contributed by atoms with Crippen molar-refractivity contribution in [1.29, 1.82) is 0 Å². The summed E-state index contributed by atoms with van der Waals surface area (Å²) in [4.78, 5) is 0. The maximum atomic E-state index is 5.26. The molecule has 0 unspecified atom stereocenters. The van der Waals surface area contributed by atoms with Gasteiger partial charge >= 0.3 is 0 Å². The molecular formula is C15H14IrN2O. The van der Waals surface area contributed by atoms with Crippen molar-refractivity contribution in [3.05, 3.63) is 54.9 Å². The van der Waals surface area contributed by atoms with Gasteiger partial charge in [-0.15, -0.1) is 12.1 Å². The number of imidazole rings is 1. The van der Waals surface area contributed by atoms with Crippen LogP contribution >= 0.6 is 0 Å². The van der Waals surface area contributed by atoms with Gasteiger partial charge in [0.1, 0.15) is 0 Å². The fourth-order valence-corrected chi connectivity index (χ4v) is 2.16. The minimum atomic E-state index is 0. The molecule has 3 rings (SSSR count). The van der Waals surface area contributed by atoms with Crippen LogP contribution in [0.3, 0.4) is 0 Å². The predicted molar refractivity (Wildman–Crippen MR) is 72.0 cm³/mol. The number of hydrogen-bond donors (Lipinski definition) is 0. The Labute approximate surface area is 125 Å². The molecule has 0 aliphatic heterocycles. The Morgan fingerprint density at radius 3 is 2.63 bits per heavy atom. The first-order chi connectivity index (χ1) is 8.79. The fraction of sp³-hybridized carbons (Fsp3) is 0.133. The number of para-hydroxylation sites is 2. The van der Waals surface area contributed by atoms with Crippen LogP contribution in [0.15, 0.2) is 48.8 Å². The van der Waals surface area contributed by atoms with Gasteiger partial charge in [0, 0.05) is 50.7 Å². The first-order valence-electron chi connectivity index (χ1n) is 5.81. The maximum absolute atomic E-state index is 5.26. The smallest absolute Gasteiger partial charge is 0.188 e. The van der Waals surface area contributed by atoms with Gasteiger partial charge < -0.3 is 4.74 Å². The maximum Gasteiger partial charge on any atom is 0.188 e. The van der Waals surface area contributed by atoms with E-state index in [-0.39, 0.29) is 20.1 Å². The second kappa shape index (κ2) is 5.55. The van der Waals surface area contributed by atoms with Gasteiger partial charge in [0.05, 0.1) is 7.11 Å². The van der Waals surface area contributed by atoms with Crippen molar-refractivity contribution in [3.63, 3.8) is 0 Å². The first-order valence-corrected chi connectivity index (χ1v) is 5.81. The Bertz CT molecular complexity index is 706. The van der Waals surface area contributed by atoms with Crippen molar-refractivity contribution < 1.29 is 24.8 Å². The summed E-state index contributed by atoms with van der Waals surface area (Å²) in [6.45, 7) is 0. The van der Waals surface area contributed by atoms with Gasteiger partial charge in [-0.1, -0.05) is 6.07 Å². The van der Waals surface area contributed by atoms with Crippen molar-refractivity contribution in [2.45, 2.75) is 0 Å². The zero-order chi connectivity index (χ0) is 12.5. The number of hydrogen-bond acceptors (Lipinski definition) is 1. The van der Waals surface area contributed by atoms with Crippen molar-refractivity contribution in [1.82, 2.24) is 9.13 Å². The largest absolute Gasteiger partial charge is 0.521 e. The van der Waals surface area contributed by atoms with Crippen molar-refractivity contribution in [2.24, 2.45) is 7.05 Å². The van der Waals surface area contributed by atoms with Crippen LogP contribution in [0.5, 0.6) is 5.75 Å². The van der Waals surface area contributed by atoms with E-state index in [1.807, 2.05) is 37.4 Å². The number of ether oxygens (including phenoxy) is 1. The molecule has 2 aromatic carbocycles. The second-order valence-electron chi connectivity index (χ2n) is 4.20. The second-order valence-corrected chi connectivity index (χ2v) is 4.20. The summed E-state index contributed by atoms with van der Waals surface area (Å²) in [6.07, 6.45) is 2.05. The van der Waals surface area contributed by atoms with E-state index in [0.717, 1.165) is 17.0 Å². The SMILES string of the molecule is COc1cc[c-]c(-n2[cH+]n(C)c3ccccc32)c1.[Ir]. The van der Waals surface area contributed by atoms with Crippen LogP contribution in [0.2, 0.25) is 0 Å². The third-order valence-corrected chi connectivity index (χ3v) is 3.06. The van der Waals surface area contributed by atoms with Gasteiger partial charge in [-0.3, -0.25) is 0 Å². The minimum Gasteiger partial charge on any atom is -0.521 e. The molecule has 0 aliphatic carbocycles. The van der Waals surface area contributed by atoms with Gasteiger partial charge in [0.15, 0.2) is 17.4 Å². The number of rotatable bonds is 2. The number of benzene rings is 2. The van der Waals surface area contributed by atoms with E-state index in [4.69, 9.17) is 4.74 Å². The summed E-state index contributed by atoms with van der Waals surface area (Å²) < 4.78 is 9.46. The minimum absolute atomic E-state index is 0. The van der Waals surface area contributed by atoms with Crippen LogP contribution in [0, 0.1) is 6.07 Å². The molecule has 3 aromatic rings. The van der Waals surface area contributed by atoms with Gasteiger partial charge in [-0.25, -0.2) is 9.13 Å². The zero-order valence-electron chi connectivity index (χ0n) is 10.8. The number of aryl methyl sites for hydroxylation is 1. The van der Waals surface area contributed by atoms with E-state index in [9.17, 15) is 0 Å². The van der Waals surface area contributed by atoms with E-state index in [1.165, 1.54) is 5.52 Å². The molecule has 99 valence electrons. The van der Waals surface area contributed by atoms with Gasteiger partial charge in [-0.05, 0) is 12.1 Å². The molecule has 0 N–H and O–H groups in total. The van der Waals surface area contributed by atoms with Crippen LogP contribution in [0.25, 0.3) is 16.7 Å². The normalized spacial score (nSPS) is 10.2. The van der Waals surface area contributed by atoms with Crippen LogP contribution in [-0.4, -0.2) is 16.2 Å². The van der Waals surface area contributed by atoms with E-state index in [1.54, 1.807) is 7.11 Å². The molecule has 19 heavy (non-hydrogen) atoms. The Kier molecular flexibility index (Phi) is 4.03. The molecule has 0 saturated heterocycles. The third-order valence-electron chi connectivity index (χ3n) is 3.06. The molecule has 0 fully saturated rings. The molecule has 0 aliphatic rings. The van der Waals surface area contributed by atoms with Crippen LogP contribution in [0.1, 0.15) is 0 Å². The molecule has 4 heteroatoms. The first kappa shape index (κ1) is 13.8. The quantitative estimate of drug-likeness (QED) is 0.572. The summed E-state index contributed by atoms with van der Waals surface area (Å²) in [6, 6.07) is 17.3. The summed E-state index contributed by atoms with van der Waals surface area (Å²) in [5.74, 6) is 0.837. The summed E-state index contributed by atoms with van der Waals surface area (Å²) in [5, 5.41) is 0. The molecule has 1 aromatic heterocycles. The van der Waals surface area contributed by atoms with Crippen LogP contribution in [-0.2, 0) is 27.2 Å². The van der Waals surface area contributed by atoms with Gasteiger partial charge in [0.25, 0.3) is 0 Å². The van der Waals surface area contributed by atoms with Crippen molar-refractivity contribution in [2.75, 3.05) is 7.11 Å². The average Bonchev–Trinajstić information content (AvgIpc) is 2.77. The standard InChI is InChI=1S/C15H14N2O.Ir/c1-16-11-17(15-9-4-3-8-14(15)16)12-6-5-7-13(10-12)18-2;/h3-5,7-11H,1-2H3;. The van der Waals surface area contributed by atoms with E-state index in [0.29, 0.717) is 0 Å². The molecule has 0 saturated carbocycles. The van der Waals surface area contributed by atoms with Crippen molar-refractivity contribution >= 4 is 11.0 Å². The molecule has 3 nitrogen and oxygen atoms in total.